The molecule has 1 aliphatic rings. The molecule has 0 radical (unpaired) electrons. The maximum atomic E-state index is 13.9. The lowest BCUT2D eigenvalue weighted by Gasteiger charge is -2.45. The minimum absolute atomic E-state index is 0.0769. The molecule has 240 valence electrons. The normalized spacial score (nSPS) is 21.8. The Morgan fingerprint density at radius 2 is 1.11 bits per heavy atom. The summed E-state index contributed by atoms with van der Waals surface area (Å²) in [5, 5.41) is 0. The largest absolute Gasteiger partial charge is 0.587 e. The zero-order valence-corrected chi connectivity index (χ0v) is 26.7. The lowest BCUT2D eigenvalue weighted by Crippen LogP contribution is -2.54. The number of carbonyl (C=O) groups excluding carboxylic acids is 2. The number of phosphoric ester groups is 1. The maximum absolute atomic E-state index is 13.9. The fraction of sp³-hybridized carbons (Fsp3) is 0.278. The molecule has 0 saturated carbocycles. The molecule has 4 aromatic carbocycles. The Morgan fingerprint density at radius 3 is 1.59 bits per heavy atom. The van der Waals surface area contributed by atoms with Gasteiger partial charge in [-0.3, -0.25) is 4.52 Å². The van der Waals surface area contributed by atoms with E-state index in [2.05, 4.69) is 0 Å². The molecule has 1 fully saturated rings. The Hall–Kier alpha value is -4.43. The standard InChI is InChI=1S/C36H37O9P/c1-25(24-40-46(39,44-30-20-12-6-13-21-30)45-31-22-14-7-15-23-31)32-26(2)27(3)33(41-34(37)28-16-8-4-9-17-28)36(42-32)43-35(38)29-18-10-5-11-19-29/h4-23,25-27,32-33,36H,24H2,1-3H3/t25-,26+,27+,32?,33?,36-/m1/s1. The van der Waals surface area contributed by atoms with Gasteiger partial charge in [-0.05, 0) is 54.4 Å². The van der Waals surface area contributed by atoms with E-state index in [0.717, 1.165) is 0 Å². The SMILES string of the molecule is C[C@H](COP(=O)(Oc1ccccc1)Oc1ccccc1)C1O[C@H](OC(=O)c2ccccc2)C(OC(=O)c2ccccc2)[C@@H](C)[C@@H]1C. The molecule has 0 aliphatic carbocycles. The summed E-state index contributed by atoms with van der Waals surface area (Å²) in [6.45, 7) is 5.68. The topological polar surface area (TPSA) is 107 Å². The van der Waals surface area contributed by atoms with Gasteiger partial charge in [0.2, 0.25) is 6.29 Å². The highest BCUT2D eigenvalue weighted by atomic mass is 31.2. The van der Waals surface area contributed by atoms with E-state index in [1.165, 1.54) is 0 Å². The lowest BCUT2D eigenvalue weighted by atomic mass is 9.79. The minimum atomic E-state index is -4.16. The van der Waals surface area contributed by atoms with Crippen LogP contribution in [0.15, 0.2) is 121 Å². The Bertz CT molecular complexity index is 1560. The van der Waals surface area contributed by atoms with Crippen molar-refractivity contribution < 1.29 is 41.9 Å². The van der Waals surface area contributed by atoms with Crippen LogP contribution >= 0.6 is 7.82 Å². The highest BCUT2D eigenvalue weighted by molar-refractivity contribution is 7.49. The molecule has 4 aromatic rings. The number of rotatable bonds is 12. The van der Waals surface area contributed by atoms with Gasteiger partial charge < -0.3 is 23.3 Å². The number of hydrogen-bond donors (Lipinski definition) is 0. The van der Waals surface area contributed by atoms with E-state index >= 15 is 0 Å². The first-order valence-electron chi connectivity index (χ1n) is 15.1. The fourth-order valence-corrected chi connectivity index (χ4v) is 6.54. The third-order valence-electron chi connectivity index (χ3n) is 7.89. The zero-order valence-electron chi connectivity index (χ0n) is 25.8. The number of carbonyl (C=O) groups is 2. The van der Waals surface area contributed by atoms with Crippen LogP contribution in [0.2, 0.25) is 0 Å². The molecule has 1 saturated heterocycles. The molecule has 10 heteroatoms. The van der Waals surface area contributed by atoms with Crippen LogP contribution in [-0.4, -0.2) is 37.0 Å². The summed E-state index contributed by atoms with van der Waals surface area (Å²) in [5.74, 6) is -1.40. The van der Waals surface area contributed by atoms with E-state index < -0.39 is 38.3 Å². The van der Waals surface area contributed by atoms with Crippen molar-refractivity contribution in [1.29, 1.82) is 0 Å². The number of hydrogen-bond acceptors (Lipinski definition) is 9. The Balaban J connectivity index is 1.34. The van der Waals surface area contributed by atoms with Gasteiger partial charge in [-0.15, -0.1) is 0 Å². The second kappa shape index (κ2) is 15.2. The van der Waals surface area contributed by atoms with E-state index in [4.69, 9.17) is 27.8 Å². The van der Waals surface area contributed by atoms with E-state index in [-0.39, 0.29) is 24.4 Å². The van der Waals surface area contributed by atoms with Crippen molar-refractivity contribution in [3.05, 3.63) is 132 Å². The molecule has 0 bridgehead atoms. The predicted octanol–water partition coefficient (Wildman–Crippen LogP) is 7.98. The smallest absolute Gasteiger partial charge is 0.452 e. The van der Waals surface area contributed by atoms with Crippen molar-refractivity contribution in [2.24, 2.45) is 17.8 Å². The van der Waals surface area contributed by atoms with Gasteiger partial charge in [0.25, 0.3) is 0 Å². The van der Waals surface area contributed by atoms with Crippen molar-refractivity contribution in [1.82, 2.24) is 0 Å². The van der Waals surface area contributed by atoms with Gasteiger partial charge >= 0.3 is 19.8 Å². The average Bonchev–Trinajstić information content (AvgIpc) is 3.08. The van der Waals surface area contributed by atoms with Crippen LogP contribution in [0.4, 0.5) is 0 Å². The molecule has 6 atom stereocenters. The number of ether oxygens (including phenoxy) is 3. The van der Waals surface area contributed by atoms with Crippen LogP contribution in [0.3, 0.4) is 0 Å². The summed E-state index contributed by atoms with van der Waals surface area (Å²) in [6, 6.07) is 34.4. The second-order valence-corrected chi connectivity index (χ2v) is 12.7. The Morgan fingerprint density at radius 1 is 0.674 bits per heavy atom. The zero-order chi connectivity index (χ0) is 32.5. The molecule has 1 aliphatic heterocycles. The van der Waals surface area contributed by atoms with E-state index in [9.17, 15) is 14.2 Å². The molecule has 0 spiro atoms. The third-order valence-corrected chi connectivity index (χ3v) is 9.22. The highest BCUT2D eigenvalue weighted by Crippen LogP contribution is 2.50. The van der Waals surface area contributed by atoms with Gasteiger partial charge in [0, 0.05) is 11.8 Å². The summed E-state index contributed by atoms with van der Waals surface area (Å²) >= 11 is 0. The van der Waals surface area contributed by atoms with Gasteiger partial charge in [0.15, 0.2) is 6.10 Å². The number of phosphoric acid groups is 1. The van der Waals surface area contributed by atoms with Gasteiger partial charge in [0.1, 0.15) is 11.5 Å². The molecule has 0 aromatic heterocycles. The quantitative estimate of drug-likeness (QED) is 0.112. The molecule has 1 heterocycles. The Labute approximate surface area is 269 Å². The Kier molecular flexibility index (Phi) is 10.9. The minimum Gasteiger partial charge on any atom is -0.452 e. The molecular formula is C36H37O9P. The third kappa shape index (κ3) is 8.43. The van der Waals surface area contributed by atoms with Gasteiger partial charge in [0.05, 0.1) is 23.8 Å². The average molecular weight is 645 g/mol. The van der Waals surface area contributed by atoms with E-state index in [0.29, 0.717) is 22.6 Å². The van der Waals surface area contributed by atoms with Crippen molar-refractivity contribution in [2.75, 3.05) is 6.61 Å². The van der Waals surface area contributed by atoms with Gasteiger partial charge in [-0.2, -0.15) is 0 Å². The van der Waals surface area contributed by atoms with Crippen LogP contribution in [0.25, 0.3) is 0 Å². The molecule has 46 heavy (non-hydrogen) atoms. The summed E-state index contributed by atoms with van der Waals surface area (Å²) in [5.41, 5.74) is 0.697. The fourth-order valence-electron chi connectivity index (χ4n) is 5.22. The van der Waals surface area contributed by atoms with E-state index in [1.807, 2.05) is 32.9 Å². The summed E-state index contributed by atoms with van der Waals surface area (Å²) in [4.78, 5) is 26.2. The van der Waals surface area contributed by atoms with Crippen molar-refractivity contribution >= 4 is 19.8 Å². The first kappa shape index (κ1) is 32.9. The van der Waals surface area contributed by atoms with Gasteiger partial charge in [-0.25, -0.2) is 14.2 Å². The molecule has 0 N–H and O–H groups in total. The van der Waals surface area contributed by atoms with Crippen molar-refractivity contribution in [2.45, 2.75) is 39.3 Å². The van der Waals surface area contributed by atoms with Crippen LogP contribution in [0, 0.1) is 17.8 Å². The predicted molar refractivity (Wildman–Crippen MR) is 171 cm³/mol. The van der Waals surface area contributed by atoms with Crippen molar-refractivity contribution in [3.63, 3.8) is 0 Å². The van der Waals surface area contributed by atoms with Crippen LogP contribution in [-0.2, 0) is 23.3 Å². The monoisotopic (exact) mass is 644 g/mol. The van der Waals surface area contributed by atoms with Crippen LogP contribution in [0.1, 0.15) is 41.5 Å². The van der Waals surface area contributed by atoms with Crippen LogP contribution in [0.5, 0.6) is 11.5 Å². The van der Waals surface area contributed by atoms with Gasteiger partial charge in [-0.1, -0.05) is 93.6 Å². The van der Waals surface area contributed by atoms with E-state index in [1.54, 1.807) is 109 Å². The molecule has 2 unspecified atom stereocenters. The molecule has 9 nitrogen and oxygen atoms in total. The van der Waals surface area contributed by atoms with Crippen LogP contribution < -0.4 is 9.05 Å². The first-order chi connectivity index (χ1) is 22.2. The summed E-state index contributed by atoms with van der Waals surface area (Å²) in [6.07, 6.45) is -2.65. The summed E-state index contributed by atoms with van der Waals surface area (Å²) in [7, 11) is -4.16. The molecule has 5 rings (SSSR count). The molecule has 0 amide bonds. The summed E-state index contributed by atoms with van der Waals surface area (Å²) < 4.78 is 49.5. The maximum Gasteiger partial charge on any atom is 0.587 e. The first-order valence-corrected chi connectivity index (χ1v) is 16.6. The van der Waals surface area contributed by atoms with Crippen molar-refractivity contribution in [3.8, 4) is 11.5 Å². The lowest BCUT2D eigenvalue weighted by molar-refractivity contribution is -0.259. The number of benzene rings is 4. The number of esters is 2. The molecular weight excluding hydrogens is 607 g/mol. The second-order valence-electron chi connectivity index (χ2n) is 11.2. The highest BCUT2D eigenvalue weighted by Gasteiger charge is 2.48. The number of para-hydroxylation sites is 2.